The van der Waals surface area contributed by atoms with Crippen LogP contribution in [0.4, 0.5) is 0 Å². The first-order valence-corrected chi connectivity index (χ1v) is 8.22. The molecule has 0 aliphatic carbocycles. The van der Waals surface area contributed by atoms with E-state index in [4.69, 9.17) is 9.84 Å². The van der Waals surface area contributed by atoms with Crippen molar-refractivity contribution < 1.29 is 19.4 Å². The number of carbonyl (C=O) groups excluding carboxylic acids is 1. The van der Waals surface area contributed by atoms with E-state index in [-0.39, 0.29) is 12.3 Å². The quantitative estimate of drug-likeness (QED) is 0.648. The van der Waals surface area contributed by atoms with Gasteiger partial charge in [-0.05, 0) is 37.0 Å². The summed E-state index contributed by atoms with van der Waals surface area (Å²) >= 11 is 1.56. The van der Waals surface area contributed by atoms with Crippen LogP contribution in [0, 0.1) is 0 Å². The van der Waals surface area contributed by atoms with Crippen LogP contribution in [0.25, 0.3) is 0 Å². The molecule has 0 fully saturated rings. The van der Waals surface area contributed by atoms with Crippen LogP contribution >= 0.6 is 11.8 Å². The molecule has 1 unspecified atom stereocenters. The third-order valence-electron chi connectivity index (χ3n) is 2.80. The van der Waals surface area contributed by atoms with Crippen molar-refractivity contribution in [2.75, 3.05) is 18.6 Å². The highest BCUT2D eigenvalue weighted by Gasteiger charge is 2.18. The molecule has 1 amide bonds. The second-order valence-electron chi connectivity index (χ2n) is 4.50. The minimum absolute atomic E-state index is 0.250. The standard InChI is InChI=1S/C15H21NO4S/c1-21-11-9-13(15(18)19)16-14(17)8-5-10-20-12-6-3-2-4-7-12/h2-4,6-7,13H,5,8-11H2,1H3,(H,16,17)(H,18,19). The van der Waals surface area contributed by atoms with Crippen molar-refractivity contribution in [1.29, 1.82) is 0 Å². The first-order chi connectivity index (χ1) is 10.1. The van der Waals surface area contributed by atoms with Crippen LogP contribution < -0.4 is 10.1 Å². The first-order valence-electron chi connectivity index (χ1n) is 6.82. The molecule has 1 rings (SSSR count). The molecule has 1 aromatic rings. The molecular weight excluding hydrogens is 290 g/mol. The lowest BCUT2D eigenvalue weighted by molar-refractivity contribution is -0.141. The van der Waals surface area contributed by atoms with Crippen LogP contribution in [0.3, 0.4) is 0 Å². The maximum Gasteiger partial charge on any atom is 0.326 e. The molecule has 0 saturated carbocycles. The summed E-state index contributed by atoms with van der Waals surface area (Å²) in [6.45, 7) is 0.431. The van der Waals surface area contributed by atoms with E-state index >= 15 is 0 Å². The van der Waals surface area contributed by atoms with Gasteiger partial charge in [-0.1, -0.05) is 18.2 Å². The van der Waals surface area contributed by atoms with Crippen molar-refractivity contribution in [3.05, 3.63) is 30.3 Å². The third kappa shape index (κ3) is 7.60. The summed E-state index contributed by atoms with van der Waals surface area (Å²) in [6, 6.07) is 8.56. The molecule has 5 nitrogen and oxygen atoms in total. The van der Waals surface area contributed by atoms with Gasteiger partial charge in [0.05, 0.1) is 6.61 Å². The van der Waals surface area contributed by atoms with E-state index in [2.05, 4.69) is 5.32 Å². The number of carbonyl (C=O) groups is 2. The highest BCUT2D eigenvalue weighted by atomic mass is 32.2. The first kappa shape index (κ1) is 17.4. The summed E-state index contributed by atoms with van der Waals surface area (Å²) in [7, 11) is 0. The Bertz CT molecular complexity index is 439. The van der Waals surface area contributed by atoms with Crippen LogP contribution in [0.1, 0.15) is 19.3 Å². The largest absolute Gasteiger partial charge is 0.494 e. The number of carboxylic acids is 1. The molecule has 0 aromatic heterocycles. The fourth-order valence-electron chi connectivity index (χ4n) is 1.70. The van der Waals surface area contributed by atoms with E-state index in [1.54, 1.807) is 11.8 Å². The third-order valence-corrected chi connectivity index (χ3v) is 3.45. The number of aliphatic carboxylic acids is 1. The van der Waals surface area contributed by atoms with E-state index in [0.29, 0.717) is 25.2 Å². The monoisotopic (exact) mass is 311 g/mol. The van der Waals surface area contributed by atoms with Crippen LogP contribution in [-0.2, 0) is 9.59 Å². The number of rotatable bonds is 10. The summed E-state index contributed by atoms with van der Waals surface area (Å²) in [6.07, 6.45) is 3.15. The minimum Gasteiger partial charge on any atom is -0.494 e. The predicted molar refractivity (Wildman–Crippen MR) is 83.7 cm³/mol. The maximum absolute atomic E-state index is 11.7. The van der Waals surface area contributed by atoms with Gasteiger partial charge in [-0.3, -0.25) is 4.79 Å². The molecule has 0 heterocycles. The Morgan fingerprint density at radius 1 is 1.33 bits per heavy atom. The zero-order chi connectivity index (χ0) is 15.5. The van der Waals surface area contributed by atoms with E-state index < -0.39 is 12.0 Å². The van der Waals surface area contributed by atoms with Crippen LogP contribution in [-0.4, -0.2) is 41.6 Å². The Morgan fingerprint density at radius 3 is 2.67 bits per heavy atom. The molecule has 0 spiro atoms. The molecule has 1 atom stereocenters. The summed E-state index contributed by atoms with van der Waals surface area (Å²) in [4.78, 5) is 22.7. The number of ether oxygens (including phenoxy) is 1. The van der Waals surface area contributed by atoms with Gasteiger partial charge >= 0.3 is 5.97 Å². The highest BCUT2D eigenvalue weighted by molar-refractivity contribution is 7.98. The molecule has 6 heteroatoms. The average molecular weight is 311 g/mol. The topological polar surface area (TPSA) is 75.6 Å². The van der Waals surface area contributed by atoms with Crippen LogP contribution in [0.15, 0.2) is 30.3 Å². The Kier molecular flexibility index (Phi) is 8.35. The van der Waals surface area contributed by atoms with Gasteiger partial charge in [0.15, 0.2) is 0 Å². The van der Waals surface area contributed by atoms with Crippen molar-refractivity contribution in [3.8, 4) is 5.75 Å². The molecule has 1 aromatic carbocycles. The zero-order valence-corrected chi connectivity index (χ0v) is 12.9. The van der Waals surface area contributed by atoms with E-state index in [9.17, 15) is 9.59 Å². The number of para-hydroxylation sites is 1. The van der Waals surface area contributed by atoms with Crippen molar-refractivity contribution in [2.45, 2.75) is 25.3 Å². The second kappa shape index (κ2) is 10.1. The SMILES string of the molecule is CSCCC(NC(=O)CCCOc1ccccc1)C(=O)O. The Balaban J connectivity index is 2.21. The summed E-state index contributed by atoms with van der Waals surface area (Å²) in [5.74, 6) is 0.230. The van der Waals surface area contributed by atoms with Gasteiger partial charge < -0.3 is 15.2 Å². The summed E-state index contributed by atoms with van der Waals surface area (Å²) in [5.41, 5.74) is 0. The van der Waals surface area contributed by atoms with Gasteiger partial charge in [0.25, 0.3) is 0 Å². The number of hydrogen-bond acceptors (Lipinski definition) is 4. The lowest BCUT2D eigenvalue weighted by Crippen LogP contribution is -2.41. The number of benzene rings is 1. The summed E-state index contributed by atoms with van der Waals surface area (Å²) in [5, 5.41) is 11.6. The molecule has 0 aliphatic heterocycles. The van der Waals surface area contributed by atoms with E-state index in [1.165, 1.54) is 0 Å². The molecule has 0 radical (unpaired) electrons. The molecule has 0 saturated heterocycles. The fourth-order valence-corrected chi connectivity index (χ4v) is 2.17. The van der Waals surface area contributed by atoms with Crippen LogP contribution in [0.2, 0.25) is 0 Å². The summed E-state index contributed by atoms with van der Waals surface area (Å²) < 4.78 is 5.47. The van der Waals surface area contributed by atoms with Crippen molar-refractivity contribution >= 4 is 23.6 Å². The van der Waals surface area contributed by atoms with Gasteiger partial charge in [-0.2, -0.15) is 11.8 Å². The predicted octanol–water partition coefficient (Wildman–Crippen LogP) is 2.17. The van der Waals surface area contributed by atoms with Gasteiger partial charge in [-0.15, -0.1) is 0 Å². The smallest absolute Gasteiger partial charge is 0.326 e. The van der Waals surface area contributed by atoms with Crippen molar-refractivity contribution in [1.82, 2.24) is 5.32 Å². The zero-order valence-electron chi connectivity index (χ0n) is 12.1. The lowest BCUT2D eigenvalue weighted by atomic mass is 10.2. The Hall–Kier alpha value is -1.69. The van der Waals surface area contributed by atoms with Crippen molar-refractivity contribution in [2.24, 2.45) is 0 Å². The van der Waals surface area contributed by atoms with Gasteiger partial charge in [0.1, 0.15) is 11.8 Å². The number of thioether (sulfide) groups is 1. The molecule has 0 bridgehead atoms. The number of hydrogen-bond donors (Lipinski definition) is 2. The molecule has 2 N–H and O–H groups in total. The Labute approximate surface area is 129 Å². The van der Waals surface area contributed by atoms with Gasteiger partial charge in [0.2, 0.25) is 5.91 Å². The highest BCUT2D eigenvalue weighted by Crippen LogP contribution is 2.09. The second-order valence-corrected chi connectivity index (χ2v) is 5.49. The van der Waals surface area contributed by atoms with E-state index in [1.807, 2.05) is 36.6 Å². The average Bonchev–Trinajstić information content (AvgIpc) is 2.48. The lowest BCUT2D eigenvalue weighted by Gasteiger charge is -2.14. The maximum atomic E-state index is 11.7. The normalized spacial score (nSPS) is 11.7. The van der Waals surface area contributed by atoms with Crippen molar-refractivity contribution in [3.63, 3.8) is 0 Å². The van der Waals surface area contributed by atoms with Gasteiger partial charge in [-0.25, -0.2) is 4.79 Å². The van der Waals surface area contributed by atoms with Crippen LogP contribution in [0.5, 0.6) is 5.75 Å². The number of amides is 1. The molecule has 116 valence electrons. The Morgan fingerprint density at radius 2 is 2.05 bits per heavy atom. The molecular formula is C15H21NO4S. The molecule has 21 heavy (non-hydrogen) atoms. The fraction of sp³-hybridized carbons (Fsp3) is 0.467. The number of carboxylic acid groups (broad SMARTS) is 1. The molecule has 0 aliphatic rings. The number of nitrogens with one attached hydrogen (secondary N) is 1. The van der Waals surface area contributed by atoms with Gasteiger partial charge in [0, 0.05) is 6.42 Å². The minimum atomic E-state index is -0.988. The van der Waals surface area contributed by atoms with E-state index in [0.717, 1.165) is 5.75 Å².